The van der Waals surface area contributed by atoms with Gasteiger partial charge in [-0.3, -0.25) is 0 Å². The number of hydrogen-bond acceptors (Lipinski definition) is 2. The molecule has 2 heterocycles. The van der Waals surface area contributed by atoms with Gasteiger partial charge < -0.3 is 5.73 Å². The van der Waals surface area contributed by atoms with Crippen molar-refractivity contribution in [1.82, 2.24) is 9.61 Å². The zero-order chi connectivity index (χ0) is 13.9. The minimum atomic E-state index is -0.133. The molecular formula is C17H19N3. The van der Waals surface area contributed by atoms with Gasteiger partial charge in [0.1, 0.15) is 0 Å². The van der Waals surface area contributed by atoms with Crippen molar-refractivity contribution in [2.24, 2.45) is 5.73 Å². The van der Waals surface area contributed by atoms with E-state index in [4.69, 9.17) is 5.73 Å². The maximum absolute atomic E-state index is 6.44. The maximum atomic E-state index is 6.44. The van der Waals surface area contributed by atoms with Crippen LogP contribution in [0.5, 0.6) is 0 Å². The first-order chi connectivity index (χ1) is 9.79. The van der Waals surface area contributed by atoms with Gasteiger partial charge in [-0.2, -0.15) is 5.10 Å². The standard InChI is InChI=1S/C17H19N3/c1-2-6-13-7-5-8-14(11-13)17(18)15-12-19-20-10-4-3-9-16(15)20/h3-5,7-12,17H,2,6,18H2,1H3. The Morgan fingerprint density at radius 1 is 1.20 bits per heavy atom. The second-order valence-electron chi connectivity index (χ2n) is 5.10. The van der Waals surface area contributed by atoms with E-state index in [0.29, 0.717) is 0 Å². The molecule has 3 rings (SSSR count). The molecule has 0 bridgehead atoms. The second kappa shape index (κ2) is 5.47. The second-order valence-corrected chi connectivity index (χ2v) is 5.10. The summed E-state index contributed by atoms with van der Waals surface area (Å²) in [4.78, 5) is 0. The summed E-state index contributed by atoms with van der Waals surface area (Å²) in [5.74, 6) is 0. The Kier molecular flexibility index (Phi) is 3.52. The van der Waals surface area contributed by atoms with Crippen LogP contribution in [0.3, 0.4) is 0 Å². The van der Waals surface area contributed by atoms with Crippen molar-refractivity contribution in [3.63, 3.8) is 0 Å². The van der Waals surface area contributed by atoms with E-state index >= 15 is 0 Å². The van der Waals surface area contributed by atoms with Gasteiger partial charge in [-0.15, -0.1) is 0 Å². The van der Waals surface area contributed by atoms with Gasteiger partial charge in [0.05, 0.1) is 17.8 Å². The summed E-state index contributed by atoms with van der Waals surface area (Å²) in [6.45, 7) is 2.19. The van der Waals surface area contributed by atoms with E-state index in [0.717, 1.165) is 29.5 Å². The summed E-state index contributed by atoms with van der Waals surface area (Å²) >= 11 is 0. The fourth-order valence-electron chi connectivity index (χ4n) is 2.60. The molecule has 3 aromatic rings. The lowest BCUT2D eigenvalue weighted by Crippen LogP contribution is -2.11. The van der Waals surface area contributed by atoms with E-state index in [1.54, 1.807) is 0 Å². The molecule has 1 unspecified atom stereocenters. The first-order valence-electron chi connectivity index (χ1n) is 7.06. The summed E-state index contributed by atoms with van der Waals surface area (Å²) in [5.41, 5.74) is 11.1. The molecule has 2 N–H and O–H groups in total. The lowest BCUT2D eigenvalue weighted by Gasteiger charge is -2.12. The van der Waals surface area contributed by atoms with Crippen LogP contribution in [-0.2, 0) is 6.42 Å². The van der Waals surface area contributed by atoms with E-state index in [-0.39, 0.29) is 6.04 Å². The molecule has 0 radical (unpaired) electrons. The van der Waals surface area contributed by atoms with E-state index in [2.05, 4.69) is 42.4 Å². The number of fused-ring (bicyclic) bond motifs is 1. The average molecular weight is 265 g/mol. The molecule has 0 aliphatic rings. The van der Waals surface area contributed by atoms with Crippen LogP contribution >= 0.6 is 0 Å². The van der Waals surface area contributed by atoms with Gasteiger partial charge in [0.25, 0.3) is 0 Å². The third-order valence-corrected chi connectivity index (χ3v) is 3.64. The van der Waals surface area contributed by atoms with Crippen molar-refractivity contribution >= 4 is 5.52 Å². The van der Waals surface area contributed by atoms with Crippen molar-refractivity contribution in [2.75, 3.05) is 0 Å². The maximum Gasteiger partial charge on any atom is 0.0712 e. The summed E-state index contributed by atoms with van der Waals surface area (Å²) < 4.78 is 1.87. The van der Waals surface area contributed by atoms with Crippen LogP contribution in [-0.4, -0.2) is 9.61 Å². The van der Waals surface area contributed by atoms with Gasteiger partial charge in [-0.05, 0) is 29.7 Å². The van der Waals surface area contributed by atoms with Crippen LogP contribution in [0, 0.1) is 0 Å². The molecule has 0 aliphatic carbocycles. The molecule has 3 nitrogen and oxygen atoms in total. The summed E-state index contributed by atoms with van der Waals surface area (Å²) in [7, 11) is 0. The van der Waals surface area contributed by atoms with E-state index in [1.807, 2.05) is 29.0 Å². The quantitative estimate of drug-likeness (QED) is 0.786. The van der Waals surface area contributed by atoms with Gasteiger partial charge in [-0.1, -0.05) is 43.7 Å². The third kappa shape index (κ3) is 2.32. The molecule has 3 heteroatoms. The van der Waals surface area contributed by atoms with Crippen LogP contribution in [0.15, 0.2) is 54.9 Å². The van der Waals surface area contributed by atoms with Gasteiger partial charge in [-0.25, -0.2) is 4.52 Å². The highest BCUT2D eigenvalue weighted by Crippen LogP contribution is 2.24. The van der Waals surface area contributed by atoms with Crippen LogP contribution in [0.2, 0.25) is 0 Å². The molecule has 20 heavy (non-hydrogen) atoms. The number of rotatable bonds is 4. The lowest BCUT2D eigenvalue weighted by atomic mass is 9.98. The van der Waals surface area contributed by atoms with Gasteiger partial charge in [0.2, 0.25) is 0 Å². The monoisotopic (exact) mass is 265 g/mol. The molecular weight excluding hydrogens is 246 g/mol. The number of pyridine rings is 1. The number of aromatic nitrogens is 2. The minimum Gasteiger partial charge on any atom is -0.320 e. The van der Waals surface area contributed by atoms with E-state index in [1.165, 1.54) is 5.56 Å². The van der Waals surface area contributed by atoms with Crippen molar-refractivity contribution in [3.05, 3.63) is 71.5 Å². The fraction of sp³-hybridized carbons (Fsp3) is 0.235. The summed E-state index contributed by atoms with van der Waals surface area (Å²) in [6, 6.07) is 14.5. The molecule has 0 saturated carbocycles. The molecule has 0 amide bonds. The van der Waals surface area contributed by atoms with E-state index < -0.39 is 0 Å². The number of aryl methyl sites for hydroxylation is 1. The third-order valence-electron chi connectivity index (χ3n) is 3.64. The summed E-state index contributed by atoms with van der Waals surface area (Å²) in [6.07, 6.45) is 6.05. The number of nitrogens with zero attached hydrogens (tertiary/aromatic N) is 2. The minimum absolute atomic E-state index is 0.133. The topological polar surface area (TPSA) is 43.3 Å². The van der Waals surface area contributed by atoms with Crippen molar-refractivity contribution in [1.29, 1.82) is 0 Å². The Morgan fingerprint density at radius 3 is 2.95 bits per heavy atom. The molecule has 2 aromatic heterocycles. The Balaban J connectivity index is 1.99. The first kappa shape index (κ1) is 12.9. The lowest BCUT2D eigenvalue weighted by molar-refractivity contribution is 0.865. The van der Waals surface area contributed by atoms with Gasteiger partial charge in [0, 0.05) is 11.8 Å². The molecule has 0 aliphatic heterocycles. The number of nitrogens with two attached hydrogens (primary N) is 1. The van der Waals surface area contributed by atoms with Crippen LogP contribution in [0.1, 0.15) is 36.1 Å². The SMILES string of the molecule is CCCc1cccc(C(N)c2cnn3ccccc23)c1. The molecule has 0 spiro atoms. The normalized spacial score (nSPS) is 12.7. The van der Waals surface area contributed by atoms with Crippen LogP contribution in [0.4, 0.5) is 0 Å². The number of hydrogen-bond donors (Lipinski definition) is 1. The van der Waals surface area contributed by atoms with E-state index in [9.17, 15) is 0 Å². The predicted octanol–water partition coefficient (Wildman–Crippen LogP) is 3.33. The van der Waals surface area contributed by atoms with Crippen LogP contribution in [0.25, 0.3) is 5.52 Å². The molecule has 102 valence electrons. The first-order valence-corrected chi connectivity index (χ1v) is 7.06. The Morgan fingerprint density at radius 2 is 2.10 bits per heavy atom. The highest BCUT2D eigenvalue weighted by molar-refractivity contribution is 5.57. The largest absolute Gasteiger partial charge is 0.320 e. The van der Waals surface area contributed by atoms with Crippen molar-refractivity contribution < 1.29 is 0 Å². The Labute approximate surface area is 119 Å². The highest BCUT2D eigenvalue weighted by Gasteiger charge is 2.14. The Bertz CT molecular complexity index is 715. The number of benzene rings is 1. The molecule has 0 saturated heterocycles. The highest BCUT2D eigenvalue weighted by atomic mass is 15.2. The Hall–Kier alpha value is -2.13. The fourth-order valence-corrected chi connectivity index (χ4v) is 2.60. The smallest absolute Gasteiger partial charge is 0.0712 e. The zero-order valence-electron chi connectivity index (χ0n) is 11.7. The molecule has 1 atom stereocenters. The zero-order valence-corrected chi connectivity index (χ0v) is 11.7. The average Bonchev–Trinajstić information content (AvgIpc) is 2.91. The van der Waals surface area contributed by atoms with Crippen molar-refractivity contribution in [2.45, 2.75) is 25.8 Å². The molecule has 1 aromatic carbocycles. The van der Waals surface area contributed by atoms with Crippen LogP contribution < -0.4 is 5.73 Å². The molecule has 0 fully saturated rings. The summed E-state index contributed by atoms with van der Waals surface area (Å²) in [5, 5.41) is 4.36. The predicted molar refractivity (Wildman–Crippen MR) is 81.7 cm³/mol. The van der Waals surface area contributed by atoms with Crippen molar-refractivity contribution in [3.8, 4) is 0 Å². The van der Waals surface area contributed by atoms with Gasteiger partial charge >= 0.3 is 0 Å². The van der Waals surface area contributed by atoms with Gasteiger partial charge in [0.15, 0.2) is 0 Å².